The van der Waals surface area contributed by atoms with Gasteiger partial charge in [-0.1, -0.05) is 39.0 Å². The molecule has 0 spiro atoms. The number of pyridine rings is 1. The number of hydrogen-bond donors (Lipinski definition) is 2. The number of fused-ring (bicyclic) bond motifs is 1. The average Bonchev–Trinajstić information content (AvgIpc) is 2.94. The summed E-state index contributed by atoms with van der Waals surface area (Å²) in [6.07, 6.45) is 3.98. The van der Waals surface area contributed by atoms with Crippen molar-refractivity contribution in [2.24, 2.45) is 5.92 Å². The van der Waals surface area contributed by atoms with Crippen LogP contribution in [0, 0.1) is 5.92 Å². The number of ether oxygens (including phenoxy) is 1. The van der Waals surface area contributed by atoms with Gasteiger partial charge in [0.2, 0.25) is 11.8 Å². The minimum atomic E-state index is -0.0981. The number of anilines is 2. The summed E-state index contributed by atoms with van der Waals surface area (Å²) in [5.41, 5.74) is 4.44. The predicted molar refractivity (Wildman–Crippen MR) is 163 cm³/mol. The lowest BCUT2D eigenvalue weighted by Gasteiger charge is -2.31. The van der Waals surface area contributed by atoms with Crippen LogP contribution in [-0.2, 0) is 27.8 Å². The van der Waals surface area contributed by atoms with Crippen LogP contribution < -0.4 is 15.4 Å². The molecule has 1 aliphatic carbocycles. The smallest absolute Gasteiger partial charge is 0.239 e. The molecule has 0 bridgehead atoms. The van der Waals surface area contributed by atoms with Crippen molar-refractivity contribution in [3.63, 3.8) is 0 Å². The van der Waals surface area contributed by atoms with Crippen molar-refractivity contribution in [3.05, 3.63) is 77.5 Å². The highest BCUT2D eigenvalue weighted by Crippen LogP contribution is 2.32. The highest BCUT2D eigenvalue weighted by atomic mass is 16.5. The number of piperazine rings is 1. The van der Waals surface area contributed by atoms with Gasteiger partial charge in [0.15, 0.2) is 0 Å². The number of amides is 2. The summed E-state index contributed by atoms with van der Waals surface area (Å²) in [7, 11) is 2.10. The highest BCUT2D eigenvalue weighted by Gasteiger charge is 2.26. The molecular weight excluding hydrogens is 514 g/mol. The molecule has 2 N–H and O–H groups in total. The average molecular weight is 556 g/mol. The molecule has 3 aromatic rings. The Morgan fingerprint density at radius 2 is 1.73 bits per heavy atom. The number of nitrogens with one attached hydrogen (secondary N) is 2. The molecule has 216 valence electrons. The molecular formula is C33H41N5O3. The molecule has 5 rings (SSSR count). The number of likely N-dealkylation sites (N-methyl/N-ethyl adjacent to an activating group) is 1. The van der Waals surface area contributed by atoms with Gasteiger partial charge in [0.05, 0.1) is 6.54 Å². The number of carbonyl (C=O) groups is 2. The van der Waals surface area contributed by atoms with Gasteiger partial charge >= 0.3 is 0 Å². The third kappa shape index (κ3) is 7.71. The van der Waals surface area contributed by atoms with Crippen molar-refractivity contribution in [3.8, 4) is 11.5 Å². The molecule has 1 aromatic heterocycles. The Labute approximate surface area is 243 Å². The van der Waals surface area contributed by atoms with E-state index in [2.05, 4.69) is 71.4 Å². The fourth-order valence-corrected chi connectivity index (χ4v) is 5.40. The van der Waals surface area contributed by atoms with E-state index in [1.165, 1.54) is 11.1 Å². The van der Waals surface area contributed by atoms with E-state index in [1.807, 2.05) is 24.3 Å². The van der Waals surface area contributed by atoms with Crippen molar-refractivity contribution < 1.29 is 14.3 Å². The molecule has 0 saturated carbocycles. The Bertz CT molecular complexity index is 1390. The van der Waals surface area contributed by atoms with E-state index in [4.69, 9.17) is 4.74 Å². The second kappa shape index (κ2) is 12.4. The van der Waals surface area contributed by atoms with Crippen molar-refractivity contribution in [1.82, 2.24) is 14.8 Å². The molecule has 1 aliphatic heterocycles. The largest absolute Gasteiger partial charge is 0.457 e. The zero-order chi connectivity index (χ0) is 29.0. The highest BCUT2D eigenvalue weighted by molar-refractivity contribution is 5.93. The van der Waals surface area contributed by atoms with Crippen LogP contribution in [0.25, 0.3) is 0 Å². The number of rotatable bonds is 7. The van der Waals surface area contributed by atoms with Gasteiger partial charge in [-0.2, -0.15) is 0 Å². The first-order valence-electron chi connectivity index (χ1n) is 14.5. The standard InChI is InChI=1S/C33H41N5O3/c1-33(2,3)26-6-5-7-27(20-26)35-32(40)24-9-8-23-10-11-28(19-25(23)18-24)41-29-12-13-34-30(21-29)36-31(39)22-38-16-14-37(4)15-17-38/h5-7,10-13,19-21,24H,8-9,14-18,22H2,1-4H3,(H,35,40)(H,34,36,39). The molecule has 1 saturated heterocycles. The summed E-state index contributed by atoms with van der Waals surface area (Å²) in [5, 5.41) is 6.04. The van der Waals surface area contributed by atoms with E-state index in [0.29, 0.717) is 30.3 Å². The summed E-state index contributed by atoms with van der Waals surface area (Å²) in [6, 6.07) is 17.7. The van der Waals surface area contributed by atoms with Crippen LogP contribution in [0.4, 0.5) is 11.5 Å². The summed E-state index contributed by atoms with van der Waals surface area (Å²) < 4.78 is 6.16. The summed E-state index contributed by atoms with van der Waals surface area (Å²) >= 11 is 0. The number of carbonyl (C=O) groups excluding carboxylic acids is 2. The minimum absolute atomic E-state index is 0.0205. The van der Waals surface area contributed by atoms with Gasteiger partial charge in [-0.15, -0.1) is 0 Å². The summed E-state index contributed by atoms with van der Waals surface area (Å²) in [5.74, 6) is 1.63. The SMILES string of the molecule is CN1CCN(CC(=O)Nc2cc(Oc3ccc4c(c3)CC(C(=O)Nc3cccc(C(C)(C)C)c3)CC4)ccn2)CC1. The van der Waals surface area contributed by atoms with Crippen LogP contribution in [0.5, 0.6) is 11.5 Å². The van der Waals surface area contributed by atoms with Crippen molar-refractivity contribution >= 4 is 23.3 Å². The quantitative estimate of drug-likeness (QED) is 0.422. The lowest BCUT2D eigenvalue weighted by atomic mass is 9.83. The molecule has 0 radical (unpaired) electrons. The maximum atomic E-state index is 13.2. The van der Waals surface area contributed by atoms with Crippen LogP contribution in [-0.4, -0.2) is 66.4 Å². The van der Waals surface area contributed by atoms with E-state index in [1.54, 1.807) is 18.3 Å². The fraction of sp³-hybridized carbons (Fsp3) is 0.424. The van der Waals surface area contributed by atoms with Gasteiger partial charge in [-0.05, 0) is 78.7 Å². The molecule has 8 nitrogen and oxygen atoms in total. The van der Waals surface area contributed by atoms with Gasteiger partial charge < -0.3 is 20.3 Å². The third-order valence-electron chi connectivity index (χ3n) is 7.97. The molecule has 2 aromatic carbocycles. The van der Waals surface area contributed by atoms with Crippen LogP contribution >= 0.6 is 0 Å². The number of nitrogens with zero attached hydrogens (tertiary/aromatic N) is 3. The normalized spacial score (nSPS) is 17.9. The van der Waals surface area contributed by atoms with Gasteiger partial charge in [-0.25, -0.2) is 4.98 Å². The lowest BCUT2D eigenvalue weighted by molar-refractivity contribution is -0.120. The number of aromatic nitrogens is 1. The number of hydrogen-bond acceptors (Lipinski definition) is 6. The van der Waals surface area contributed by atoms with Gasteiger partial charge in [-0.3, -0.25) is 14.5 Å². The predicted octanol–water partition coefficient (Wildman–Crippen LogP) is 5.10. The van der Waals surface area contributed by atoms with Crippen LogP contribution in [0.1, 0.15) is 43.9 Å². The van der Waals surface area contributed by atoms with E-state index >= 15 is 0 Å². The lowest BCUT2D eigenvalue weighted by Crippen LogP contribution is -2.47. The maximum absolute atomic E-state index is 13.2. The Morgan fingerprint density at radius 3 is 2.51 bits per heavy atom. The Balaban J connectivity index is 1.19. The Kier molecular flexibility index (Phi) is 8.71. The zero-order valence-electron chi connectivity index (χ0n) is 24.6. The van der Waals surface area contributed by atoms with E-state index in [-0.39, 0.29) is 23.1 Å². The van der Waals surface area contributed by atoms with Crippen molar-refractivity contribution in [2.45, 2.75) is 45.4 Å². The topological polar surface area (TPSA) is 86.8 Å². The van der Waals surface area contributed by atoms with Crippen molar-refractivity contribution in [2.75, 3.05) is 50.4 Å². The molecule has 1 atom stereocenters. The molecule has 2 aliphatic rings. The van der Waals surface area contributed by atoms with Gasteiger partial charge in [0, 0.05) is 50.0 Å². The van der Waals surface area contributed by atoms with E-state index in [9.17, 15) is 9.59 Å². The second-order valence-electron chi connectivity index (χ2n) is 12.3. The monoisotopic (exact) mass is 555 g/mol. The number of benzene rings is 2. The number of aryl methyl sites for hydroxylation is 1. The first kappa shape index (κ1) is 28.8. The van der Waals surface area contributed by atoms with Gasteiger partial charge in [0.25, 0.3) is 0 Å². The first-order valence-corrected chi connectivity index (χ1v) is 14.5. The Morgan fingerprint density at radius 1 is 0.951 bits per heavy atom. The summed E-state index contributed by atoms with van der Waals surface area (Å²) in [6.45, 7) is 10.6. The molecule has 2 amide bonds. The third-order valence-corrected chi connectivity index (χ3v) is 7.97. The molecule has 1 fully saturated rings. The van der Waals surface area contributed by atoms with Crippen molar-refractivity contribution in [1.29, 1.82) is 0 Å². The minimum Gasteiger partial charge on any atom is -0.457 e. The maximum Gasteiger partial charge on any atom is 0.239 e. The molecule has 41 heavy (non-hydrogen) atoms. The molecule has 1 unspecified atom stereocenters. The van der Waals surface area contributed by atoms with E-state index < -0.39 is 0 Å². The first-order chi connectivity index (χ1) is 19.6. The van der Waals surface area contributed by atoms with Crippen LogP contribution in [0.2, 0.25) is 0 Å². The van der Waals surface area contributed by atoms with E-state index in [0.717, 1.165) is 50.3 Å². The summed E-state index contributed by atoms with van der Waals surface area (Å²) in [4.78, 5) is 34.5. The van der Waals surface area contributed by atoms with Crippen LogP contribution in [0.3, 0.4) is 0 Å². The second-order valence-corrected chi connectivity index (χ2v) is 12.3. The van der Waals surface area contributed by atoms with Gasteiger partial charge in [0.1, 0.15) is 17.3 Å². The zero-order valence-corrected chi connectivity index (χ0v) is 24.6. The molecule has 2 heterocycles. The fourth-order valence-electron chi connectivity index (χ4n) is 5.40. The molecule has 8 heteroatoms. The van der Waals surface area contributed by atoms with Crippen LogP contribution in [0.15, 0.2) is 60.8 Å². The Hall–Kier alpha value is -3.75.